The number of nitrogens with one attached hydrogen (secondary N) is 2. The van der Waals surface area contributed by atoms with Gasteiger partial charge < -0.3 is 15.4 Å². The Kier molecular flexibility index (Phi) is 5.87. The number of alkyl carbamates (subject to hydrolysis) is 1. The molecular weight excluding hydrogens is 296 g/mol. The van der Waals surface area contributed by atoms with Crippen LogP contribution in [0.3, 0.4) is 0 Å². The van der Waals surface area contributed by atoms with E-state index in [2.05, 4.69) is 35.1 Å². The second-order valence-electron chi connectivity index (χ2n) is 6.93. The predicted octanol–water partition coefficient (Wildman–Crippen LogP) is 4.23. The Labute approximate surface area is 137 Å². The van der Waals surface area contributed by atoms with Crippen molar-refractivity contribution in [2.75, 3.05) is 0 Å². The van der Waals surface area contributed by atoms with Gasteiger partial charge in [0.2, 0.25) is 0 Å². The minimum absolute atomic E-state index is 0.156. The molecule has 1 aliphatic rings. The fourth-order valence-electron chi connectivity index (χ4n) is 2.94. The van der Waals surface area contributed by atoms with Gasteiger partial charge in [0.15, 0.2) is 0 Å². The Morgan fingerprint density at radius 2 is 2.14 bits per heavy atom. The van der Waals surface area contributed by atoms with Crippen LogP contribution in [0.5, 0.6) is 0 Å². The minimum Gasteiger partial charge on any atom is -0.444 e. The molecule has 0 aliphatic heterocycles. The molecule has 0 radical (unpaired) electrons. The van der Waals surface area contributed by atoms with Gasteiger partial charge in [-0.25, -0.2) is 4.79 Å². The predicted molar refractivity (Wildman–Crippen MR) is 91.3 cm³/mol. The summed E-state index contributed by atoms with van der Waals surface area (Å²) in [5, 5.41) is 8.88. The lowest BCUT2D eigenvalue weighted by Gasteiger charge is -2.28. The molecule has 0 bridgehead atoms. The van der Waals surface area contributed by atoms with Crippen molar-refractivity contribution in [3.05, 3.63) is 22.4 Å². The maximum absolute atomic E-state index is 12.0. The monoisotopic (exact) mass is 324 g/mol. The minimum atomic E-state index is -0.450. The fraction of sp³-hybridized carbons (Fsp3) is 0.706. The van der Waals surface area contributed by atoms with Crippen LogP contribution in [0.2, 0.25) is 0 Å². The molecule has 1 aromatic rings. The molecule has 1 aliphatic carbocycles. The lowest BCUT2D eigenvalue weighted by atomic mass is 10.1. The van der Waals surface area contributed by atoms with Gasteiger partial charge in [0, 0.05) is 23.0 Å². The number of thiophene rings is 1. The second-order valence-corrected chi connectivity index (χ2v) is 7.91. The highest BCUT2D eigenvalue weighted by molar-refractivity contribution is 7.10. The summed E-state index contributed by atoms with van der Waals surface area (Å²) >= 11 is 1.79. The van der Waals surface area contributed by atoms with Gasteiger partial charge in [-0.2, -0.15) is 0 Å². The van der Waals surface area contributed by atoms with Crippen molar-refractivity contribution in [3.63, 3.8) is 0 Å². The molecule has 3 unspecified atom stereocenters. The van der Waals surface area contributed by atoms with Crippen LogP contribution in [0.25, 0.3) is 0 Å². The van der Waals surface area contributed by atoms with Crippen molar-refractivity contribution < 1.29 is 9.53 Å². The summed E-state index contributed by atoms with van der Waals surface area (Å²) in [6.45, 7) is 7.87. The van der Waals surface area contributed by atoms with Gasteiger partial charge in [-0.1, -0.05) is 13.0 Å². The van der Waals surface area contributed by atoms with Crippen LogP contribution in [-0.4, -0.2) is 23.8 Å². The molecule has 2 rings (SSSR count). The van der Waals surface area contributed by atoms with Crippen molar-refractivity contribution in [1.82, 2.24) is 10.6 Å². The van der Waals surface area contributed by atoms with E-state index in [0.717, 1.165) is 25.7 Å². The highest BCUT2D eigenvalue weighted by atomic mass is 32.1. The van der Waals surface area contributed by atoms with Crippen molar-refractivity contribution >= 4 is 17.4 Å². The lowest BCUT2D eigenvalue weighted by molar-refractivity contribution is 0.0497. The average Bonchev–Trinajstić information content (AvgIpc) is 3.05. The molecule has 0 spiro atoms. The van der Waals surface area contributed by atoms with E-state index in [1.807, 2.05) is 20.8 Å². The van der Waals surface area contributed by atoms with Gasteiger partial charge >= 0.3 is 6.09 Å². The van der Waals surface area contributed by atoms with E-state index in [1.165, 1.54) is 4.88 Å². The van der Waals surface area contributed by atoms with Crippen LogP contribution in [0.4, 0.5) is 4.79 Å². The largest absolute Gasteiger partial charge is 0.444 e. The molecule has 0 aromatic carbocycles. The Bertz CT molecular complexity index is 468. The summed E-state index contributed by atoms with van der Waals surface area (Å²) < 4.78 is 5.38. The van der Waals surface area contributed by atoms with E-state index in [-0.39, 0.29) is 12.1 Å². The smallest absolute Gasteiger partial charge is 0.407 e. The maximum Gasteiger partial charge on any atom is 0.407 e. The van der Waals surface area contributed by atoms with Crippen LogP contribution in [0.15, 0.2) is 17.5 Å². The summed E-state index contributed by atoms with van der Waals surface area (Å²) in [4.78, 5) is 13.4. The van der Waals surface area contributed by atoms with Crippen LogP contribution in [0, 0.1) is 0 Å². The number of hydrogen-bond acceptors (Lipinski definition) is 4. The van der Waals surface area contributed by atoms with E-state index in [0.29, 0.717) is 12.1 Å². The molecule has 22 heavy (non-hydrogen) atoms. The number of hydrogen-bond donors (Lipinski definition) is 2. The molecule has 1 saturated carbocycles. The highest BCUT2D eigenvalue weighted by Crippen LogP contribution is 2.27. The van der Waals surface area contributed by atoms with E-state index in [1.54, 1.807) is 11.3 Å². The molecule has 124 valence electrons. The summed E-state index contributed by atoms with van der Waals surface area (Å²) in [5.74, 6) is 0. The molecule has 2 N–H and O–H groups in total. The number of carbonyl (C=O) groups excluding carboxylic acids is 1. The van der Waals surface area contributed by atoms with Crippen molar-refractivity contribution in [2.24, 2.45) is 0 Å². The average molecular weight is 324 g/mol. The standard InChI is InChI=1S/C17H28N2O2S/c1-5-12(15-10-7-11-22-15)18-13-8-6-9-14(13)19-16(20)21-17(2,3)4/h7,10-14,18H,5-6,8-9H2,1-4H3,(H,19,20). The molecule has 5 heteroatoms. The first-order valence-electron chi connectivity index (χ1n) is 8.18. The van der Waals surface area contributed by atoms with Gasteiger partial charge in [0.25, 0.3) is 0 Å². The van der Waals surface area contributed by atoms with Crippen LogP contribution in [0.1, 0.15) is 64.3 Å². The van der Waals surface area contributed by atoms with E-state index in [9.17, 15) is 4.79 Å². The Balaban J connectivity index is 1.91. The van der Waals surface area contributed by atoms with Crippen LogP contribution >= 0.6 is 11.3 Å². The Hall–Kier alpha value is -1.07. The lowest BCUT2D eigenvalue weighted by Crippen LogP contribution is -2.48. The SMILES string of the molecule is CCC(NC1CCCC1NC(=O)OC(C)(C)C)c1cccs1. The first kappa shape index (κ1) is 17.3. The second kappa shape index (κ2) is 7.47. The molecule has 3 atom stereocenters. The molecule has 1 fully saturated rings. The van der Waals surface area contributed by atoms with Gasteiger partial charge in [-0.05, 0) is 57.9 Å². The third kappa shape index (κ3) is 4.99. The van der Waals surface area contributed by atoms with Gasteiger partial charge in [0.05, 0.1) is 0 Å². The zero-order valence-electron chi connectivity index (χ0n) is 14.0. The van der Waals surface area contributed by atoms with Crippen LogP contribution < -0.4 is 10.6 Å². The quantitative estimate of drug-likeness (QED) is 0.852. The van der Waals surface area contributed by atoms with E-state index in [4.69, 9.17) is 4.74 Å². The number of rotatable bonds is 5. The third-order valence-corrected chi connectivity index (χ3v) is 4.91. The van der Waals surface area contributed by atoms with E-state index < -0.39 is 5.60 Å². The van der Waals surface area contributed by atoms with Crippen molar-refractivity contribution in [2.45, 2.75) is 77.1 Å². The normalized spacial score (nSPS) is 23.3. The zero-order chi connectivity index (χ0) is 16.2. The third-order valence-electron chi connectivity index (χ3n) is 3.93. The first-order chi connectivity index (χ1) is 10.4. The van der Waals surface area contributed by atoms with Gasteiger partial charge in [-0.3, -0.25) is 0 Å². The Morgan fingerprint density at radius 1 is 1.41 bits per heavy atom. The number of carbonyl (C=O) groups is 1. The topological polar surface area (TPSA) is 50.4 Å². The summed E-state index contributed by atoms with van der Waals surface area (Å²) in [5.41, 5.74) is -0.450. The zero-order valence-corrected chi connectivity index (χ0v) is 14.8. The molecule has 0 saturated heterocycles. The number of ether oxygens (including phenoxy) is 1. The van der Waals surface area contributed by atoms with E-state index >= 15 is 0 Å². The molecule has 1 aromatic heterocycles. The Morgan fingerprint density at radius 3 is 2.73 bits per heavy atom. The van der Waals surface area contributed by atoms with Crippen LogP contribution in [-0.2, 0) is 4.74 Å². The molecular formula is C17H28N2O2S. The summed E-state index contributed by atoms with van der Waals surface area (Å²) in [6.07, 6.45) is 3.99. The van der Waals surface area contributed by atoms with Gasteiger partial charge in [-0.15, -0.1) is 11.3 Å². The number of amides is 1. The molecule has 1 heterocycles. The fourth-order valence-corrected chi connectivity index (χ4v) is 3.81. The van der Waals surface area contributed by atoms with Crippen molar-refractivity contribution in [3.8, 4) is 0 Å². The molecule has 4 nitrogen and oxygen atoms in total. The highest BCUT2D eigenvalue weighted by Gasteiger charge is 2.31. The van der Waals surface area contributed by atoms with Gasteiger partial charge in [0.1, 0.15) is 5.60 Å². The van der Waals surface area contributed by atoms with Crippen molar-refractivity contribution in [1.29, 1.82) is 0 Å². The first-order valence-corrected chi connectivity index (χ1v) is 9.06. The summed E-state index contributed by atoms with van der Waals surface area (Å²) in [6, 6.07) is 5.11. The summed E-state index contributed by atoms with van der Waals surface area (Å²) in [7, 11) is 0. The maximum atomic E-state index is 12.0. The molecule has 1 amide bonds.